The van der Waals surface area contributed by atoms with Crippen LogP contribution in [0.15, 0.2) is 0 Å². The molecule has 0 aliphatic heterocycles. The van der Waals surface area contributed by atoms with Gasteiger partial charge in [-0.25, -0.2) is 0 Å². The number of nitrogens with two attached hydrogens (primary N) is 1. The second kappa shape index (κ2) is 3.53. The van der Waals surface area contributed by atoms with E-state index in [4.69, 9.17) is 15.9 Å². The second-order valence-electron chi connectivity index (χ2n) is 2.58. The largest absolute Gasteiger partial charge is 0.390 e. The van der Waals surface area contributed by atoms with Crippen molar-refractivity contribution in [2.24, 2.45) is 11.7 Å². The van der Waals surface area contributed by atoms with Gasteiger partial charge in [0.25, 0.3) is 0 Å². The molecule has 60 valence electrons. The first-order chi connectivity index (χ1) is 4.46. The molecule has 0 rings (SSSR count). The molecule has 0 aliphatic carbocycles. The van der Waals surface area contributed by atoms with E-state index in [0.29, 0.717) is 0 Å². The number of aliphatic hydroxyl groups excluding tert-OH is 2. The maximum absolute atomic E-state index is 10.3. The molecule has 1 amide bonds. The van der Waals surface area contributed by atoms with Crippen molar-refractivity contribution in [3.8, 4) is 0 Å². The second-order valence-corrected chi connectivity index (χ2v) is 2.58. The van der Waals surface area contributed by atoms with Crippen molar-refractivity contribution >= 4 is 5.91 Å². The molecule has 0 saturated heterocycles. The monoisotopic (exact) mass is 147 g/mol. The standard InChI is InChI=1S/C6H13NO3/c1-3(2)4(8)5(9)6(7)10/h3-5,8-9H,1-2H3,(H2,7,10). The lowest BCUT2D eigenvalue weighted by Gasteiger charge is -2.17. The van der Waals surface area contributed by atoms with E-state index in [1.807, 2.05) is 0 Å². The van der Waals surface area contributed by atoms with Crippen molar-refractivity contribution in [2.75, 3.05) is 0 Å². The summed E-state index contributed by atoms with van der Waals surface area (Å²) in [6.07, 6.45) is -2.50. The van der Waals surface area contributed by atoms with Gasteiger partial charge in [0.1, 0.15) is 0 Å². The molecule has 2 atom stereocenters. The smallest absolute Gasteiger partial charge is 0.248 e. The minimum Gasteiger partial charge on any atom is -0.390 e. The van der Waals surface area contributed by atoms with E-state index in [0.717, 1.165) is 0 Å². The zero-order valence-electron chi connectivity index (χ0n) is 6.11. The molecule has 4 nitrogen and oxygen atoms in total. The van der Waals surface area contributed by atoms with E-state index >= 15 is 0 Å². The fraction of sp³-hybridized carbons (Fsp3) is 0.833. The number of aliphatic hydroxyl groups is 2. The topological polar surface area (TPSA) is 83.6 Å². The van der Waals surface area contributed by atoms with Crippen molar-refractivity contribution in [3.05, 3.63) is 0 Å². The number of rotatable bonds is 3. The van der Waals surface area contributed by atoms with Crippen molar-refractivity contribution in [1.29, 1.82) is 0 Å². The first-order valence-corrected chi connectivity index (χ1v) is 3.12. The number of primary amides is 1. The number of hydrogen-bond acceptors (Lipinski definition) is 3. The molecule has 0 saturated carbocycles. The van der Waals surface area contributed by atoms with Crippen LogP contribution in [0.3, 0.4) is 0 Å². The van der Waals surface area contributed by atoms with Gasteiger partial charge in [-0.3, -0.25) is 4.79 Å². The van der Waals surface area contributed by atoms with E-state index in [2.05, 4.69) is 0 Å². The Hall–Kier alpha value is -0.610. The molecule has 0 aromatic heterocycles. The zero-order valence-corrected chi connectivity index (χ0v) is 6.11. The summed E-state index contributed by atoms with van der Waals surface area (Å²) in [5.74, 6) is -1.05. The first kappa shape index (κ1) is 9.39. The number of amides is 1. The van der Waals surface area contributed by atoms with Crippen LogP contribution in [0, 0.1) is 5.92 Å². The summed E-state index contributed by atoms with van der Waals surface area (Å²) in [6, 6.07) is 0. The Balaban J connectivity index is 3.94. The molecular weight excluding hydrogens is 134 g/mol. The zero-order chi connectivity index (χ0) is 8.31. The average molecular weight is 147 g/mol. The normalized spacial score (nSPS) is 16.9. The van der Waals surface area contributed by atoms with E-state index in [1.165, 1.54) is 0 Å². The van der Waals surface area contributed by atoms with E-state index < -0.39 is 18.1 Å². The molecule has 4 heteroatoms. The van der Waals surface area contributed by atoms with E-state index in [1.54, 1.807) is 13.8 Å². The van der Waals surface area contributed by atoms with Crippen LogP contribution in [-0.4, -0.2) is 28.3 Å². The highest BCUT2D eigenvalue weighted by molar-refractivity contribution is 5.79. The maximum atomic E-state index is 10.3. The number of carbonyl (C=O) groups is 1. The van der Waals surface area contributed by atoms with Gasteiger partial charge in [0.2, 0.25) is 5.91 Å². The van der Waals surface area contributed by atoms with Gasteiger partial charge in [-0.05, 0) is 5.92 Å². The fourth-order valence-electron chi connectivity index (χ4n) is 0.533. The summed E-state index contributed by atoms with van der Waals surface area (Å²) < 4.78 is 0. The minimum atomic E-state index is -1.44. The number of carbonyl (C=O) groups excluding carboxylic acids is 1. The third kappa shape index (κ3) is 2.33. The predicted molar refractivity (Wildman–Crippen MR) is 36.0 cm³/mol. The van der Waals surface area contributed by atoms with Crippen LogP contribution < -0.4 is 5.73 Å². The Morgan fingerprint density at radius 2 is 1.80 bits per heavy atom. The van der Waals surface area contributed by atoms with Gasteiger partial charge in [0.05, 0.1) is 6.10 Å². The fourth-order valence-corrected chi connectivity index (χ4v) is 0.533. The summed E-state index contributed by atoms with van der Waals surface area (Å²) >= 11 is 0. The lowest BCUT2D eigenvalue weighted by molar-refractivity contribution is -0.133. The van der Waals surface area contributed by atoms with Crippen molar-refractivity contribution in [3.63, 3.8) is 0 Å². The van der Waals surface area contributed by atoms with Gasteiger partial charge in [0.15, 0.2) is 6.10 Å². The van der Waals surface area contributed by atoms with Crippen LogP contribution in [-0.2, 0) is 4.79 Å². The lowest BCUT2D eigenvalue weighted by atomic mass is 10.0. The van der Waals surface area contributed by atoms with Crippen LogP contribution >= 0.6 is 0 Å². The lowest BCUT2D eigenvalue weighted by Crippen LogP contribution is -2.41. The van der Waals surface area contributed by atoms with Gasteiger partial charge < -0.3 is 15.9 Å². The molecule has 0 aromatic rings. The molecule has 0 heterocycles. The van der Waals surface area contributed by atoms with Gasteiger partial charge in [0, 0.05) is 0 Å². The molecule has 10 heavy (non-hydrogen) atoms. The number of hydrogen-bond donors (Lipinski definition) is 3. The molecule has 0 aliphatic rings. The van der Waals surface area contributed by atoms with Crippen LogP contribution in [0.4, 0.5) is 0 Å². The maximum Gasteiger partial charge on any atom is 0.248 e. The third-order valence-electron chi connectivity index (χ3n) is 1.30. The van der Waals surface area contributed by atoms with Crippen molar-refractivity contribution in [1.82, 2.24) is 0 Å². The van der Waals surface area contributed by atoms with Crippen LogP contribution in [0.2, 0.25) is 0 Å². The summed E-state index contributed by atoms with van der Waals surface area (Å²) in [7, 11) is 0. The van der Waals surface area contributed by atoms with Crippen LogP contribution in [0.25, 0.3) is 0 Å². The molecule has 2 unspecified atom stereocenters. The summed E-state index contributed by atoms with van der Waals surface area (Å²) in [6.45, 7) is 3.38. The Morgan fingerprint density at radius 1 is 1.40 bits per heavy atom. The van der Waals surface area contributed by atoms with E-state index in [-0.39, 0.29) is 5.92 Å². The molecule has 0 fully saturated rings. The average Bonchev–Trinajstić information content (AvgIpc) is 1.84. The van der Waals surface area contributed by atoms with Crippen LogP contribution in [0.5, 0.6) is 0 Å². The Morgan fingerprint density at radius 3 is 1.90 bits per heavy atom. The first-order valence-electron chi connectivity index (χ1n) is 3.12. The molecular formula is C6H13NO3. The molecule has 0 bridgehead atoms. The summed E-state index contributed by atoms with van der Waals surface area (Å²) in [5, 5.41) is 17.9. The summed E-state index contributed by atoms with van der Waals surface area (Å²) in [5.41, 5.74) is 4.73. The van der Waals surface area contributed by atoms with Crippen molar-refractivity contribution < 1.29 is 15.0 Å². The van der Waals surface area contributed by atoms with Gasteiger partial charge in [-0.1, -0.05) is 13.8 Å². The van der Waals surface area contributed by atoms with Crippen LogP contribution in [0.1, 0.15) is 13.8 Å². The SMILES string of the molecule is CC(C)C(O)C(O)C(N)=O. The quantitative estimate of drug-likeness (QED) is 0.471. The van der Waals surface area contributed by atoms with E-state index in [9.17, 15) is 4.79 Å². The Labute approximate surface area is 59.7 Å². The minimum absolute atomic E-state index is 0.164. The van der Waals surface area contributed by atoms with Gasteiger partial charge in [-0.15, -0.1) is 0 Å². The molecule has 0 aromatic carbocycles. The highest BCUT2D eigenvalue weighted by Gasteiger charge is 2.23. The Kier molecular flexibility index (Phi) is 3.32. The predicted octanol–water partition coefficient (Wildman–Crippen LogP) is -1.15. The molecule has 4 N–H and O–H groups in total. The van der Waals surface area contributed by atoms with Gasteiger partial charge >= 0.3 is 0 Å². The summed E-state index contributed by atoms with van der Waals surface area (Å²) in [4.78, 5) is 10.3. The highest BCUT2D eigenvalue weighted by atomic mass is 16.3. The third-order valence-corrected chi connectivity index (χ3v) is 1.30. The van der Waals surface area contributed by atoms with Crippen molar-refractivity contribution in [2.45, 2.75) is 26.1 Å². The molecule has 0 spiro atoms. The van der Waals surface area contributed by atoms with Gasteiger partial charge in [-0.2, -0.15) is 0 Å². The molecule has 0 radical (unpaired) electrons. The highest BCUT2D eigenvalue weighted by Crippen LogP contribution is 2.04. The Bertz CT molecular complexity index is 124.